The number of amides is 2. The monoisotopic (exact) mass is 2360 g/mol. The molecule has 6 saturated carbocycles. The maximum atomic E-state index is 11.2. The van der Waals surface area contributed by atoms with Gasteiger partial charge in [-0.3, -0.25) is 24.1 Å². The van der Waals surface area contributed by atoms with E-state index in [0.717, 1.165) is 38.9 Å². The number of nitrogens with zero attached hydrogens (tertiary/aromatic N) is 1. The fourth-order valence-electron chi connectivity index (χ4n) is 20.0. The van der Waals surface area contributed by atoms with Crippen LogP contribution in [0, 0.1) is 56.4 Å². The third kappa shape index (κ3) is 47.1. The predicted octanol–water partition coefficient (Wildman–Crippen LogP) is 32.8. The van der Waals surface area contributed by atoms with Gasteiger partial charge in [-0.15, -0.1) is 0 Å². The number of fused-ring (bicyclic) bond motifs is 1. The second kappa shape index (κ2) is 71.4. The molecule has 5 nitrogen and oxygen atoms in total. The van der Waals surface area contributed by atoms with E-state index in [9.17, 15) is 19.2 Å². The van der Waals surface area contributed by atoms with Gasteiger partial charge < -0.3 is 44.6 Å². The Bertz CT molecular complexity index is 3810. The van der Waals surface area contributed by atoms with Gasteiger partial charge in [-0.25, -0.2) is 0 Å². The number of imide groups is 1. The molecule has 0 radical (unpaired) electrons. The Labute approximate surface area is 916 Å². The summed E-state index contributed by atoms with van der Waals surface area (Å²) < 4.78 is 0. The van der Waals surface area contributed by atoms with Gasteiger partial charge in [-0.2, -0.15) is 0 Å². The van der Waals surface area contributed by atoms with E-state index in [4.69, 9.17) is 0 Å². The van der Waals surface area contributed by atoms with Crippen molar-refractivity contribution in [3.8, 4) is 0 Å². The van der Waals surface area contributed by atoms with Crippen molar-refractivity contribution in [2.24, 2.45) is 11.8 Å². The maximum Gasteiger partial charge on any atom is 2.00 e. The summed E-state index contributed by atoms with van der Waals surface area (Å²) in [5.74, 6) is -0.912. The van der Waals surface area contributed by atoms with Crippen molar-refractivity contribution in [3.63, 3.8) is 0 Å². The van der Waals surface area contributed by atoms with Crippen LogP contribution in [0.2, 0.25) is 0 Å². The summed E-state index contributed by atoms with van der Waals surface area (Å²) in [4.78, 5) is 44.4. The van der Waals surface area contributed by atoms with Gasteiger partial charge in [0.05, 0.1) is 11.8 Å². The van der Waals surface area contributed by atoms with E-state index in [1.165, 1.54) is 191 Å². The topological polar surface area (TPSA) is 71.5 Å². The summed E-state index contributed by atoms with van der Waals surface area (Å²) >= 11 is 0. The van der Waals surface area contributed by atoms with Crippen LogP contribution < -0.4 is 31.8 Å². The SMILES string of the molecule is C=Cc1ccccc1.CC(C)(C)P(c1ccccc1)C1CCCC1.CC(C)(C)P(c1ccccc1)C1CCCC1.CC(C)(C)P(c1ccccc1)C1CCCC1.CC(C)(C)P(c1ccccc1)C1CCCC1.CC(C)(C)P(c1ccccc1)C1CCCC1.CC(C)(C)P(c1ccccc1)C1CCCC1.CN1C(=O)C=CC1=O.O=C1C=CC(=O)C2C=CC=CC12.[CH3-].[CH3-].[CH3-].[CH3-].[CH3-].[CH3-].[Fe+2].[Fe+2].[Fe+2].[Pd].[Pd].[Pd]. The zero-order chi connectivity index (χ0) is 90.1. The van der Waals surface area contributed by atoms with Gasteiger partial charge in [0.25, 0.3) is 11.8 Å². The van der Waals surface area contributed by atoms with Crippen LogP contribution in [-0.2, 0) is 132 Å². The molecule has 2 amide bonds. The van der Waals surface area contributed by atoms with E-state index in [1.807, 2.05) is 48.6 Å². The number of rotatable bonds is 13. The van der Waals surface area contributed by atoms with Crippen molar-refractivity contribution in [2.75, 3.05) is 7.05 Å². The molecular formula is C119H177Fe3NO4P6Pd3. The Morgan fingerprint density at radius 3 is 0.522 bits per heavy atom. The molecule has 1 aliphatic heterocycles. The third-order valence-electron chi connectivity index (χ3n) is 25.0. The molecule has 9 aliphatic rings. The number of carbonyl (C=O) groups is 4. The van der Waals surface area contributed by atoms with E-state index < -0.39 is 0 Å². The first kappa shape index (κ1) is 142. The van der Waals surface area contributed by atoms with Crippen LogP contribution in [0.3, 0.4) is 0 Å². The van der Waals surface area contributed by atoms with Crippen LogP contribution in [0.15, 0.2) is 268 Å². The van der Waals surface area contributed by atoms with Crippen LogP contribution in [-0.4, -0.2) is 100 Å². The molecule has 0 spiro atoms. The molecule has 7 aromatic carbocycles. The van der Waals surface area contributed by atoms with Crippen LogP contribution in [0.5, 0.6) is 0 Å². The van der Waals surface area contributed by atoms with Crippen molar-refractivity contribution >= 4 is 109 Å². The molecule has 0 saturated heterocycles. The van der Waals surface area contributed by atoms with E-state index >= 15 is 0 Å². The minimum Gasteiger partial charge on any atom is -0.358 e. The molecule has 0 N–H and O–H groups in total. The number of hydrogen-bond donors (Lipinski definition) is 0. The first-order valence-electron chi connectivity index (χ1n) is 47.3. The number of hydrogen-bond acceptors (Lipinski definition) is 4. The minimum atomic E-state index is -0.243. The van der Waals surface area contributed by atoms with E-state index in [2.05, 4.69) is 313 Å². The first-order valence-corrected chi connectivity index (χ1v) is 55.8. The number of ketones is 2. The van der Waals surface area contributed by atoms with Crippen molar-refractivity contribution < 1.29 is 132 Å². The van der Waals surface area contributed by atoms with Crippen LogP contribution in [0.25, 0.3) is 6.08 Å². The molecule has 17 heteroatoms. The summed E-state index contributed by atoms with van der Waals surface area (Å²) in [5.41, 5.74) is 6.99. The molecule has 8 unspecified atom stereocenters. The van der Waals surface area contributed by atoms with Gasteiger partial charge in [0.1, 0.15) is 0 Å². The normalized spacial score (nSPS) is 18.5. The minimum absolute atomic E-state index is 0. The molecule has 16 rings (SSSR count). The van der Waals surface area contributed by atoms with Gasteiger partial charge in [-0.05, 0) is 191 Å². The zero-order valence-electron chi connectivity index (χ0n) is 88.0. The molecule has 766 valence electrons. The van der Waals surface area contributed by atoms with E-state index in [-0.39, 0.29) is 240 Å². The molecule has 8 atom stereocenters. The Morgan fingerprint density at radius 1 is 0.257 bits per heavy atom. The summed E-state index contributed by atoms with van der Waals surface area (Å²) in [5, 5.41) is 12.3. The molecule has 8 aliphatic carbocycles. The predicted molar refractivity (Wildman–Crippen MR) is 596 cm³/mol. The van der Waals surface area contributed by atoms with E-state index in [1.54, 1.807) is 44.0 Å². The molecule has 0 aromatic heterocycles. The van der Waals surface area contributed by atoms with Crippen molar-refractivity contribution in [1.82, 2.24) is 4.90 Å². The van der Waals surface area contributed by atoms with Gasteiger partial charge in [0.2, 0.25) is 0 Å². The molecule has 6 fully saturated rings. The molecular weight excluding hydrogens is 2180 g/mol. The molecule has 7 aromatic rings. The summed E-state index contributed by atoms with van der Waals surface area (Å²) in [6, 6.07) is 77.3. The van der Waals surface area contributed by atoms with Crippen LogP contribution >= 0.6 is 47.5 Å². The number of likely N-dealkylation sites (N-methyl/N-ethyl adjacent to an activating group) is 1. The third-order valence-corrected chi connectivity index (χ3v) is 46.2. The Hall–Kier alpha value is -2.15. The smallest absolute Gasteiger partial charge is 0.358 e. The van der Waals surface area contributed by atoms with Crippen molar-refractivity contribution in [3.05, 3.63) is 318 Å². The van der Waals surface area contributed by atoms with Gasteiger partial charge >= 0.3 is 51.2 Å². The van der Waals surface area contributed by atoms with Crippen molar-refractivity contribution in [1.29, 1.82) is 0 Å². The average Bonchev–Trinajstić information content (AvgIpc) is 1.84. The first-order chi connectivity index (χ1) is 59.0. The fourth-order valence-corrected chi connectivity index (χ4v) is 42.0. The summed E-state index contributed by atoms with van der Waals surface area (Å²) in [6.07, 6.45) is 49.2. The van der Waals surface area contributed by atoms with Gasteiger partial charge in [0, 0.05) is 80.5 Å². The average molecular weight is 2360 g/mol. The van der Waals surface area contributed by atoms with Gasteiger partial charge in [0.15, 0.2) is 11.6 Å². The molecule has 0 bridgehead atoms. The standard InChI is InChI=1S/6C15H23P.C10H8O2.C8H8.C5H5NO2.6CH3.3Fe.3Pd/c6*1-15(2,3)16(14-11-7-8-12-14)13-9-5-4-6-10-13;11-9-5-6-10(12)8-4-2-1-3-7(8)9;1-2-8-6-4-3-5-7-8;1-6-4(7)2-3-5(6)8;;;;;;;;;;;;/h6*4-6,9-10,14H,7-8,11-12H2,1-3H3;1-8H;2-7H,1H2;2-3H,1H3;6*1H3;;;;;;/q;;;;;;;;;6*-1;3*+2;;;. The zero-order valence-corrected chi connectivity index (χ0v) is 101. The Balaban J connectivity index is -0.000000472. The largest absolute Gasteiger partial charge is 2.00 e. The second-order valence-corrected chi connectivity index (χ2v) is 61.0. The molecule has 136 heavy (non-hydrogen) atoms. The number of allylic oxidation sites excluding steroid dienone is 6. The Kier molecular flexibility index (Phi) is 74.7. The summed E-state index contributed by atoms with van der Waals surface area (Å²) in [6.45, 7) is 47.2. The maximum absolute atomic E-state index is 11.2. The van der Waals surface area contributed by atoms with Crippen molar-refractivity contribution in [2.45, 2.75) is 344 Å². The quantitative estimate of drug-likeness (QED) is 0.0499. The van der Waals surface area contributed by atoms with Gasteiger partial charge in [-0.1, -0.05) is 498 Å². The fraction of sp³-hybridized carbons (Fsp3) is 0.479. The molecule has 1 heterocycles. The van der Waals surface area contributed by atoms with Crippen LogP contribution in [0.4, 0.5) is 0 Å². The Morgan fingerprint density at radius 2 is 0.404 bits per heavy atom. The summed E-state index contributed by atoms with van der Waals surface area (Å²) in [7, 11) is 1.46. The van der Waals surface area contributed by atoms with E-state index in [0.29, 0.717) is 30.9 Å². The second-order valence-electron chi connectivity index (χ2n) is 41.0. The number of carbonyl (C=O) groups excluding carboxylic acids is 4. The van der Waals surface area contributed by atoms with Crippen LogP contribution in [0.1, 0.15) is 284 Å². The number of benzene rings is 7.